The number of esters is 1. The van der Waals surface area contributed by atoms with Gasteiger partial charge in [0.1, 0.15) is 0 Å². The molecule has 2 rings (SSSR count). The second kappa shape index (κ2) is 10.4. The number of methoxy groups -OCH3 is 1. The van der Waals surface area contributed by atoms with Gasteiger partial charge in [0, 0.05) is 17.3 Å². The fraction of sp³-hybridized carbons (Fsp3) is 0.273. The number of aryl methyl sites for hydroxylation is 2. The van der Waals surface area contributed by atoms with Crippen LogP contribution in [0.3, 0.4) is 0 Å². The molecule has 2 aromatic carbocycles. The van der Waals surface area contributed by atoms with Crippen molar-refractivity contribution in [2.75, 3.05) is 12.4 Å². The number of alkyl halides is 2. The Morgan fingerprint density at radius 1 is 1.07 bits per heavy atom. The second-order valence-corrected chi connectivity index (χ2v) is 6.43. The van der Waals surface area contributed by atoms with Gasteiger partial charge in [-0.2, -0.15) is 8.78 Å². The molecule has 0 radical (unpaired) electrons. The normalized spacial score (nSPS) is 12.0. The maximum Gasteiger partial charge on any atom is 0.387 e. The average molecular weight is 419 g/mol. The fourth-order valence-corrected chi connectivity index (χ4v) is 2.70. The zero-order valence-corrected chi connectivity index (χ0v) is 17.1. The molecule has 0 aromatic heterocycles. The molecule has 1 atom stereocenters. The van der Waals surface area contributed by atoms with Crippen molar-refractivity contribution in [3.05, 3.63) is 59.2 Å². The Labute approximate surface area is 173 Å². The molecule has 2 aromatic rings. The van der Waals surface area contributed by atoms with Crippen LogP contribution < -0.4 is 14.8 Å². The molecule has 0 saturated heterocycles. The van der Waals surface area contributed by atoms with Gasteiger partial charge >= 0.3 is 12.6 Å². The van der Waals surface area contributed by atoms with Gasteiger partial charge in [0.15, 0.2) is 17.6 Å². The molecule has 160 valence electrons. The maximum atomic E-state index is 12.7. The summed E-state index contributed by atoms with van der Waals surface area (Å²) in [6.07, 6.45) is 1.21. The lowest BCUT2D eigenvalue weighted by atomic mass is 10.1. The van der Waals surface area contributed by atoms with Gasteiger partial charge in [-0.3, -0.25) is 4.79 Å². The van der Waals surface area contributed by atoms with Crippen molar-refractivity contribution in [3.63, 3.8) is 0 Å². The Kier molecular flexibility index (Phi) is 7.91. The summed E-state index contributed by atoms with van der Waals surface area (Å²) in [4.78, 5) is 24.4. The highest BCUT2D eigenvalue weighted by atomic mass is 19.3. The van der Waals surface area contributed by atoms with Crippen molar-refractivity contribution in [1.29, 1.82) is 0 Å². The molecule has 0 unspecified atom stereocenters. The SMILES string of the molecule is COc1cccc(/C=C/C(=O)O[C@@H](C)C(=O)Nc2c(C)cccc2C)c1OC(F)F. The van der Waals surface area contributed by atoms with Crippen LogP contribution in [0, 0.1) is 13.8 Å². The first-order chi connectivity index (χ1) is 14.2. The van der Waals surface area contributed by atoms with E-state index in [2.05, 4.69) is 10.1 Å². The number of hydrogen-bond donors (Lipinski definition) is 1. The number of amides is 1. The van der Waals surface area contributed by atoms with Crippen LogP contribution in [0.25, 0.3) is 6.08 Å². The number of ether oxygens (including phenoxy) is 3. The number of nitrogens with one attached hydrogen (secondary N) is 1. The number of rotatable bonds is 8. The number of carbonyl (C=O) groups is 2. The van der Waals surface area contributed by atoms with E-state index in [-0.39, 0.29) is 17.1 Å². The number of para-hydroxylation sites is 2. The van der Waals surface area contributed by atoms with Crippen molar-refractivity contribution >= 4 is 23.6 Å². The van der Waals surface area contributed by atoms with Crippen LogP contribution in [-0.4, -0.2) is 31.7 Å². The first-order valence-corrected chi connectivity index (χ1v) is 9.10. The zero-order valence-electron chi connectivity index (χ0n) is 17.1. The molecule has 0 heterocycles. The molecule has 0 fully saturated rings. The molecule has 0 bridgehead atoms. The van der Waals surface area contributed by atoms with E-state index in [9.17, 15) is 18.4 Å². The van der Waals surface area contributed by atoms with E-state index in [0.717, 1.165) is 17.2 Å². The van der Waals surface area contributed by atoms with Crippen molar-refractivity contribution in [2.45, 2.75) is 33.5 Å². The molecule has 8 heteroatoms. The third-order valence-corrected chi connectivity index (χ3v) is 4.23. The molecule has 0 saturated carbocycles. The lowest BCUT2D eigenvalue weighted by Crippen LogP contribution is -2.30. The summed E-state index contributed by atoms with van der Waals surface area (Å²) in [7, 11) is 1.31. The smallest absolute Gasteiger partial charge is 0.387 e. The summed E-state index contributed by atoms with van der Waals surface area (Å²) in [5.74, 6) is -1.42. The summed E-state index contributed by atoms with van der Waals surface area (Å²) in [6, 6.07) is 10.1. The minimum Gasteiger partial charge on any atom is -0.493 e. The molecular formula is C22H23F2NO5. The quantitative estimate of drug-likeness (QED) is 0.504. The minimum absolute atomic E-state index is 0.0900. The second-order valence-electron chi connectivity index (χ2n) is 6.43. The monoisotopic (exact) mass is 419 g/mol. The molecule has 0 aliphatic carbocycles. The summed E-state index contributed by atoms with van der Waals surface area (Å²) < 4.78 is 39.9. The Morgan fingerprint density at radius 3 is 2.30 bits per heavy atom. The van der Waals surface area contributed by atoms with Gasteiger partial charge in [0.2, 0.25) is 0 Å². The van der Waals surface area contributed by atoms with E-state index in [4.69, 9.17) is 9.47 Å². The highest BCUT2D eigenvalue weighted by Crippen LogP contribution is 2.33. The lowest BCUT2D eigenvalue weighted by molar-refractivity contribution is -0.148. The van der Waals surface area contributed by atoms with Crippen LogP contribution in [0.4, 0.5) is 14.5 Å². The van der Waals surface area contributed by atoms with Crippen LogP contribution in [0.2, 0.25) is 0 Å². The molecule has 0 spiro atoms. The third-order valence-electron chi connectivity index (χ3n) is 4.23. The predicted molar refractivity (Wildman–Crippen MR) is 109 cm³/mol. The summed E-state index contributed by atoms with van der Waals surface area (Å²) in [5, 5.41) is 2.74. The van der Waals surface area contributed by atoms with Crippen molar-refractivity contribution in [2.24, 2.45) is 0 Å². The molecule has 1 N–H and O–H groups in total. The Bertz CT molecular complexity index is 923. The predicted octanol–water partition coefficient (Wildman–Crippen LogP) is 4.50. The van der Waals surface area contributed by atoms with Crippen LogP contribution in [0.15, 0.2) is 42.5 Å². The van der Waals surface area contributed by atoms with Gasteiger partial charge in [-0.1, -0.05) is 30.3 Å². The molecule has 0 aliphatic heterocycles. The summed E-state index contributed by atoms with van der Waals surface area (Å²) in [6.45, 7) is 2.09. The van der Waals surface area contributed by atoms with Gasteiger partial charge in [0.25, 0.3) is 5.91 Å². The van der Waals surface area contributed by atoms with Gasteiger partial charge in [-0.25, -0.2) is 4.79 Å². The Balaban J connectivity index is 2.06. The largest absolute Gasteiger partial charge is 0.493 e. The van der Waals surface area contributed by atoms with Crippen molar-refractivity contribution in [1.82, 2.24) is 0 Å². The van der Waals surface area contributed by atoms with Crippen LogP contribution in [0.5, 0.6) is 11.5 Å². The van der Waals surface area contributed by atoms with E-state index in [0.29, 0.717) is 5.69 Å². The first-order valence-electron chi connectivity index (χ1n) is 9.10. The molecular weight excluding hydrogens is 396 g/mol. The fourth-order valence-electron chi connectivity index (χ4n) is 2.70. The lowest BCUT2D eigenvalue weighted by Gasteiger charge is -2.15. The molecule has 0 aliphatic rings. The number of benzene rings is 2. The van der Waals surface area contributed by atoms with E-state index < -0.39 is 24.6 Å². The molecule has 6 nitrogen and oxygen atoms in total. The first kappa shape index (κ1) is 22.9. The van der Waals surface area contributed by atoms with Crippen LogP contribution in [-0.2, 0) is 14.3 Å². The standard InChI is InChI=1S/C22H23F2NO5/c1-13-7-5-8-14(2)19(13)25-21(27)15(3)29-18(26)12-11-16-9-6-10-17(28-4)20(16)30-22(23)24/h5-12,15,22H,1-4H3,(H,25,27)/b12-11+/t15-/m0/s1. The van der Waals surface area contributed by atoms with E-state index in [1.807, 2.05) is 32.0 Å². The topological polar surface area (TPSA) is 73.9 Å². The highest BCUT2D eigenvalue weighted by molar-refractivity contribution is 5.97. The Morgan fingerprint density at radius 2 is 1.70 bits per heavy atom. The molecule has 30 heavy (non-hydrogen) atoms. The Hall–Kier alpha value is -3.42. The van der Waals surface area contributed by atoms with Gasteiger partial charge in [-0.15, -0.1) is 0 Å². The van der Waals surface area contributed by atoms with Gasteiger partial charge < -0.3 is 19.5 Å². The summed E-state index contributed by atoms with van der Waals surface area (Å²) in [5.41, 5.74) is 2.61. The maximum absolute atomic E-state index is 12.7. The van der Waals surface area contributed by atoms with E-state index in [1.54, 1.807) is 6.07 Å². The van der Waals surface area contributed by atoms with Crippen molar-refractivity contribution in [3.8, 4) is 11.5 Å². The van der Waals surface area contributed by atoms with E-state index in [1.165, 1.54) is 32.2 Å². The number of halogens is 2. The highest BCUT2D eigenvalue weighted by Gasteiger charge is 2.19. The number of carbonyl (C=O) groups excluding carboxylic acids is 2. The minimum atomic E-state index is -3.06. The van der Waals surface area contributed by atoms with Gasteiger partial charge in [-0.05, 0) is 44.0 Å². The summed E-state index contributed by atoms with van der Waals surface area (Å²) >= 11 is 0. The van der Waals surface area contributed by atoms with Crippen molar-refractivity contribution < 1.29 is 32.6 Å². The van der Waals surface area contributed by atoms with E-state index >= 15 is 0 Å². The number of anilines is 1. The number of hydrogen-bond acceptors (Lipinski definition) is 5. The van der Waals surface area contributed by atoms with Crippen LogP contribution >= 0.6 is 0 Å². The van der Waals surface area contributed by atoms with Crippen LogP contribution in [0.1, 0.15) is 23.6 Å². The average Bonchev–Trinajstić information content (AvgIpc) is 2.69. The third kappa shape index (κ3) is 6.04. The van der Waals surface area contributed by atoms with Gasteiger partial charge in [0.05, 0.1) is 7.11 Å². The molecule has 1 amide bonds. The zero-order chi connectivity index (χ0) is 22.3.